The second-order valence-electron chi connectivity index (χ2n) is 4.43. The Morgan fingerprint density at radius 1 is 1.33 bits per heavy atom. The van der Waals surface area contributed by atoms with Crippen LogP contribution in [0.2, 0.25) is 0 Å². The Kier molecular flexibility index (Phi) is 3.97. The second kappa shape index (κ2) is 5.67. The molecule has 0 unspecified atom stereocenters. The number of rotatable bonds is 2. The fraction of sp³-hybridized carbons (Fsp3) is 0.429. The van der Waals surface area contributed by atoms with E-state index >= 15 is 0 Å². The summed E-state index contributed by atoms with van der Waals surface area (Å²) in [5.74, 6) is 0.620. The van der Waals surface area contributed by atoms with E-state index in [9.17, 15) is 9.59 Å². The maximum absolute atomic E-state index is 11.8. The van der Waals surface area contributed by atoms with Crippen molar-refractivity contribution in [1.82, 2.24) is 4.90 Å². The van der Waals surface area contributed by atoms with E-state index in [0.717, 1.165) is 12.8 Å². The minimum Gasteiger partial charge on any atom is -0.410 e. The number of aryl methyl sites for hydroxylation is 1. The second-order valence-corrected chi connectivity index (χ2v) is 4.43. The van der Waals surface area contributed by atoms with Crippen molar-refractivity contribution in [2.24, 2.45) is 0 Å². The molecule has 0 N–H and O–H groups in total. The van der Waals surface area contributed by atoms with Crippen molar-refractivity contribution in [1.29, 1.82) is 0 Å². The van der Waals surface area contributed by atoms with Gasteiger partial charge in [0.2, 0.25) is 0 Å². The van der Waals surface area contributed by atoms with E-state index in [1.54, 1.807) is 12.1 Å². The van der Waals surface area contributed by atoms with Crippen LogP contribution in [0.1, 0.15) is 25.3 Å². The first-order valence-electron chi connectivity index (χ1n) is 6.26. The number of carbonyl (C=O) groups excluding carboxylic acids is 2. The monoisotopic (exact) mass is 247 g/mol. The average Bonchev–Trinajstić information content (AvgIpc) is 2.39. The quantitative estimate of drug-likeness (QED) is 0.806. The largest absolute Gasteiger partial charge is 0.415 e. The van der Waals surface area contributed by atoms with Crippen LogP contribution >= 0.6 is 0 Å². The molecule has 1 aliphatic heterocycles. The first-order valence-corrected chi connectivity index (χ1v) is 6.26. The Morgan fingerprint density at radius 2 is 2.06 bits per heavy atom. The molecule has 96 valence electrons. The van der Waals surface area contributed by atoms with E-state index in [4.69, 9.17) is 4.74 Å². The van der Waals surface area contributed by atoms with Crippen molar-refractivity contribution < 1.29 is 14.3 Å². The van der Waals surface area contributed by atoms with E-state index in [1.807, 2.05) is 12.1 Å². The molecule has 0 aromatic heterocycles. The Hall–Kier alpha value is -1.84. The van der Waals surface area contributed by atoms with E-state index in [-0.39, 0.29) is 12.3 Å². The molecule has 1 fully saturated rings. The molecule has 2 rings (SSSR count). The summed E-state index contributed by atoms with van der Waals surface area (Å²) >= 11 is 0. The zero-order valence-corrected chi connectivity index (χ0v) is 10.5. The number of ketones is 1. The normalized spacial score (nSPS) is 15.6. The zero-order chi connectivity index (χ0) is 13.0. The summed E-state index contributed by atoms with van der Waals surface area (Å²) in [5.41, 5.74) is 1.20. The van der Waals surface area contributed by atoms with Gasteiger partial charge < -0.3 is 9.64 Å². The van der Waals surface area contributed by atoms with Crippen molar-refractivity contribution in [3.05, 3.63) is 29.8 Å². The summed E-state index contributed by atoms with van der Waals surface area (Å²) in [6.07, 6.45) is 1.80. The lowest BCUT2D eigenvalue weighted by molar-refractivity contribution is -0.121. The summed E-state index contributed by atoms with van der Waals surface area (Å²) in [5, 5.41) is 0. The fourth-order valence-electron chi connectivity index (χ4n) is 1.95. The van der Waals surface area contributed by atoms with Crippen LogP contribution in [0.15, 0.2) is 24.3 Å². The first kappa shape index (κ1) is 12.6. The number of hydrogen-bond acceptors (Lipinski definition) is 3. The summed E-state index contributed by atoms with van der Waals surface area (Å²) in [6, 6.07) is 7.43. The molecular weight excluding hydrogens is 230 g/mol. The summed E-state index contributed by atoms with van der Waals surface area (Å²) in [6.45, 7) is 2.84. The molecule has 1 aliphatic rings. The summed E-state index contributed by atoms with van der Waals surface area (Å²) < 4.78 is 5.24. The van der Waals surface area contributed by atoms with Crippen LogP contribution in [0.3, 0.4) is 0 Å². The zero-order valence-electron chi connectivity index (χ0n) is 10.5. The standard InChI is InChI=1S/C14H17NO3/c1-2-11-5-7-13(8-6-11)18-14(17)15-9-3-4-12(16)10-15/h5-8H,2-4,9-10H2,1H3. The molecular formula is C14H17NO3. The highest BCUT2D eigenvalue weighted by molar-refractivity contribution is 5.85. The van der Waals surface area contributed by atoms with E-state index < -0.39 is 6.09 Å². The minimum atomic E-state index is -0.438. The first-order chi connectivity index (χ1) is 8.69. The lowest BCUT2D eigenvalue weighted by Crippen LogP contribution is -2.41. The SMILES string of the molecule is CCc1ccc(OC(=O)N2CCCC(=O)C2)cc1. The van der Waals surface area contributed by atoms with Gasteiger partial charge in [0.1, 0.15) is 5.75 Å². The van der Waals surface area contributed by atoms with Crippen molar-refractivity contribution in [2.45, 2.75) is 26.2 Å². The third kappa shape index (κ3) is 3.09. The van der Waals surface area contributed by atoms with Crippen molar-refractivity contribution in [3.63, 3.8) is 0 Å². The molecule has 0 saturated carbocycles. The smallest absolute Gasteiger partial charge is 0.410 e. The third-order valence-corrected chi connectivity index (χ3v) is 3.05. The lowest BCUT2D eigenvalue weighted by Gasteiger charge is -2.24. The average molecular weight is 247 g/mol. The van der Waals surface area contributed by atoms with Gasteiger partial charge in [-0.3, -0.25) is 4.79 Å². The maximum Gasteiger partial charge on any atom is 0.415 e. The Labute approximate surface area is 107 Å². The number of piperidine rings is 1. The number of nitrogens with zero attached hydrogens (tertiary/aromatic N) is 1. The number of amides is 1. The molecule has 18 heavy (non-hydrogen) atoms. The van der Waals surface area contributed by atoms with Gasteiger partial charge in [0.15, 0.2) is 5.78 Å². The van der Waals surface area contributed by atoms with Gasteiger partial charge in [0.05, 0.1) is 6.54 Å². The number of Topliss-reactive ketones (excluding diaryl/α,β-unsaturated/α-hetero) is 1. The third-order valence-electron chi connectivity index (χ3n) is 3.05. The van der Waals surface area contributed by atoms with Gasteiger partial charge in [-0.15, -0.1) is 0 Å². The topological polar surface area (TPSA) is 46.6 Å². The van der Waals surface area contributed by atoms with Crippen LogP contribution in [-0.4, -0.2) is 29.9 Å². The minimum absolute atomic E-state index is 0.0968. The van der Waals surface area contributed by atoms with Gasteiger partial charge in [-0.05, 0) is 30.5 Å². The molecule has 4 nitrogen and oxygen atoms in total. The van der Waals surface area contributed by atoms with Crippen LogP contribution in [-0.2, 0) is 11.2 Å². The van der Waals surface area contributed by atoms with Crippen molar-refractivity contribution in [3.8, 4) is 5.75 Å². The van der Waals surface area contributed by atoms with Crippen LogP contribution < -0.4 is 4.74 Å². The van der Waals surface area contributed by atoms with Crippen molar-refractivity contribution >= 4 is 11.9 Å². The molecule has 0 spiro atoms. The molecule has 1 heterocycles. The number of carbonyl (C=O) groups is 2. The van der Waals surface area contributed by atoms with Crippen LogP contribution in [0, 0.1) is 0 Å². The summed E-state index contributed by atoms with van der Waals surface area (Å²) in [7, 11) is 0. The van der Waals surface area contributed by atoms with Crippen LogP contribution in [0.4, 0.5) is 4.79 Å². The van der Waals surface area contributed by atoms with E-state index in [1.165, 1.54) is 10.5 Å². The molecule has 1 aromatic carbocycles. The predicted molar refractivity (Wildman–Crippen MR) is 67.7 cm³/mol. The van der Waals surface area contributed by atoms with Gasteiger partial charge in [-0.25, -0.2) is 4.79 Å². The number of hydrogen-bond donors (Lipinski definition) is 0. The maximum atomic E-state index is 11.8. The van der Waals surface area contributed by atoms with Gasteiger partial charge in [0, 0.05) is 13.0 Å². The Morgan fingerprint density at radius 3 is 2.67 bits per heavy atom. The summed E-state index contributed by atoms with van der Waals surface area (Å²) in [4.78, 5) is 24.5. The number of ether oxygens (including phenoxy) is 1. The van der Waals surface area contributed by atoms with Gasteiger partial charge in [-0.2, -0.15) is 0 Å². The van der Waals surface area contributed by atoms with Crippen molar-refractivity contribution in [2.75, 3.05) is 13.1 Å². The lowest BCUT2D eigenvalue weighted by atomic mass is 10.1. The highest BCUT2D eigenvalue weighted by Crippen LogP contribution is 2.15. The van der Waals surface area contributed by atoms with E-state index in [2.05, 4.69) is 6.92 Å². The number of likely N-dealkylation sites (tertiary alicyclic amines) is 1. The molecule has 0 radical (unpaired) electrons. The Bertz CT molecular complexity index is 439. The molecule has 1 aromatic rings. The fourth-order valence-corrected chi connectivity index (χ4v) is 1.95. The van der Waals surface area contributed by atoms with Gasteiger partial charge in [0.25, 0.3) is 0 Å². The molecule has 0 bridgehead atoms. The van der Waals surface area contributed by atoms with Gasteiger partial charge in [-0.1, -0.05) is 19.1 Å². The molecule has 1 amide bonds. The molecule has 0 atom stereocenters. The Balaban J connectivity index is 1.95. The van der Waals surface area contributed by atoms with Crippen LogP contribution in [0.25, 0.3) is 0 Å². The predicted octanol–water partition coefficient (Wildman–Crippen LogP) is 2.41. The van der Waals surface area contributed by atoms with Crippen LogP contribution in [0.5, 0.6) is 5.75 Å². The van der Waals surface area contributed by atoms with Gasteiger partial charge >= 0.3 is 6.09 Å². The number of benzene rings is 1. The molecule has 4 heteroatoms. The van der Waals surface area contributed by atoms with E-state index in [0.29, 0.717) is 18.7 Å². The highest BCUT2D eigenvalue weighted by atomic mass is 16.6. The molecule has 1 saturated heterocycles. The molecule has 0 aliphatic carbocycles. The highest BCUT2D eigenvalue weighted by Gasteiger charge is 2.22.